The van der Waals surface area contributed by atoms with Crippen LogP contribution in [0.5, 0.6) is 11.5 Å². The second-order valence-corrected chi connectivity index (χ2v) is 5.97. The molecular weight excluding hydrogens is 350 g/mol. The van der Waals surface area contributed by atoms with Crippen molar-refractivity contribution >= 4 is 5.91 Å². The minimum atomic E-state index is -0.484. The lowest BCUT2D eigenvalue weighted by molar-refractivity contribution is -0.122. The van der Waals surface area contributed by atoms with Gasteiger partial charge in [0, 0.05) is 0 Å². The molecule has 0 saturated carbocycles. The summed E-state index contributed by atoms with van der Waals surface area (Å²) in [5, 5.41) is 10.3. The summed E-state index contributed by atoms with van der Waals surface area (Å²) in [6.45, 7) is 0.367. The minimum Gasteiger partial charge on any atom is -0.486 e. The van der Waals surface area contributed by atoms with E-state index in [2.05, 4.69) is 15.7 Å². The number of hydrogen-bond acceptors (Lipinski definition) is 6. The third kappa shape index (κ3) is 3.66. The molecule has 1 aromatic heterocycles. The summed E-state index contributed by atoms with van der Waals surface area (Å²) in [6, 6.07) is 16.2. The highest BCUT2D eigenvalue weighted by Crippen LogP contribution is 2.30. The molecule has 0 spiro atoms. The van der Waals surface area contributed by atoms with Crippen LogP contribution in [-0.2, 0) is 11.3 Å². The zero-order chi connectivity index (χ0) is 18.6. The highest BCUT2D eigenvalue weighted by atomic mass is 16.6. The molecule has 1 atom stereocenters. The van der Waals surface area contributed by atoms with Gasteiger partial charge in [-0.15, -0.1) is 0 Å². The smallest absolute Gasteiger partial charge is 0.368 e. The molecule has 0 fully saturated rings. The molecule has 1 amide bonds. The van der Waals surface area contributed by atoms with Gasteiger partial charge in [0.05, 0.1) is 12.2 Å². The number of rotatable bonds is 5. The summed E-state index contributed by atoms with van der Waals surface area (Å²) in [5.74, 6) is 0.967. The van der Waals surface area contributed by atoms with Crippen molar-refractivity contribution in [1.29, 1.82) is 0 Å². The van der Waals surface area contributed by atoms with E-state index in [-0.39, 0.29) is 25.1 Å². The number of nitrogens with one attached hydrogen (secondary N) is 1. The van der Waals surface area contributed by atoms with Gasteiger partial charge in [-0.3, -0.25) is 4.79 Å². The van der Waals surface area contributed by atoms with Crippen molar-refractivity contribution in [3.05, 3.63) is 65.1 Å². The van der Waals surface area contributed by atoms with Crippen molar-refractivity contribution in [3.8, 4) is 17.2 Å². The number of amides is 1. The van der Waals surface area contributed by atoms with Gasteiger partial charge in [-0.25, -0.2) is 4.79 Å². The fourth-order valence-electron chi connectivity index (χ4n) is 2.69. The van der Waals surface area contributed by atoms with Gasteiger partial charge in [0.15, 0.2) is 11.5 Å². The van der Waals surface area contributed by atoms with Crippen LogP contribution in [0, 0.1) is 0 Å². The lowest BCUT2D eigenvalue weighted by Crippen LogP contribution is -2.42. The van der Waals surface area contributed by atoms with Gasteiger partial charge >= 0.3 is 5.69 Å². The van der Waals surface area contributed by atoms with Crippen molar-refractivity contribution in [2.24, 2.45) is 0 Å². The number of benzene rings is 2. The maximum absolute atomic E-state index is 12.3. The van der Waals surface area contributed by atoms with Gasteiger partial charge < -0.3 is 14.8 Å². The highest BCUT2D eigenvalue weighted by Gasteiger charge is 2.21. The Hall–Kier alpha value is -3.62. The van der Waals surface area contributed by atoms with Gasteiger partial charge in [-0.2, -0.15) is 9.36 Å². The van der Waals surface area contributed by atoms with Crippen LogP contribution in [0.1, 0.15) is 0 Å². The zero-order valence-electron chi connectivity index (χ0n) is 14.3. The molecule has 138 valence electrons. The highest BCUT2D eigenvalue weighted by molar-refractivity contribution is 5.75. The van der Waals surface area contributed by atoms with Crippen LogP contribution in [0.15, 0.2) is 59.4 Å². The monoisotopic (exact) mass is 367 g/mol. The molecule has 0 unspecified atom stereocenters. The van der Waals surface area contributed by atoms with Crippen LogP contribution in [0.3, 0.4) is 0 Å². The largest absolute Gasteiger partial charge is 0.486 e. The van der Waals surface area contributed by atoms with Crippen LogP contribution >= 0.6 is 0 Å². The third-order valence-corrected chi connectivity index (χ3v) is 4.03. The topological polar surface area (TPSA) is 100 Å². The molecule has 9 heteroatoms. The first kappa shape index (κ1) is 16.8. The molecule has 2 aromatic carbocycles. The average Bonchev–Trinajstić information content (AvgIpc) is 3.07. The Balaban J connectivity index is 1.34. The molecule has 0 aliphatic carbocycles. The Morgan fingerprint density at radius 3 is 2.63 bits per heavy atom. The Bertz CT molecular complexity index is 998. The molecule has 9 nitrogen and oxygen atoms in total. The predicted molar refractivity (Wildman–Crippen MR) is 95.0 cm³/mol. The standard InChI is InChI=1S/C18H17N5O4/c24-17(19-10-14-12-26-15-8-4-5-9-16(15)27-14)11-22-18(25)23(21-20-22)13-6-2-1-3-7-13/h1-9,14H,10-12H2,(H,19,24)/t14-/m1/s1. The van der Waals surface area contributed by atoms with E-state index in [4.69, 9.17) is 9.47 Å². The molecule has 0 radical (unpaired) electrons. The van der Waals surface area contributed by atoms with E-state index in [1.807, 2.05) is 30.3 Å². The number of aromatic nitrogens is 4. The van der Waals surface area contributed by atoms with Gasteiger partial charge in [-0.1, -0.05) is 30.3 Å². The second-order valence-electron chi connectivity index (χ2n) is 5.97. The Morgan fingerprint density at radius 2 is 1.81 bits per heavy atom. The van der Waals surface area contributed by atoms with Gasteiger partial charge in [0.2, 0.25) is 5.91 Å². The van der Waals surface area contributed by atoms with Crippen LogP contribution in [-0.4, -0.2) is 45.0 Å². The summed E-state index contributed by atoms with van der Waals surface area (Å²) in [4.78, 5) is 24.5. The van der Waals surface area contributed by atoms with Crippen LogP contribution in [0.4, 0.5) is 0 Å². The van der Waals surface area contributed by atoms with E-state index in [0.717, 1.165) is 9.36 Å². The number of nitrogens with zero attached hydrogens (tertiary/aromatic N) is 4. The van der Waals surface area contributed by atoms with E-state index in [1.54, 1.807) is 24.3 Å². The molecule has 0 bridgehead atoms. The SMILES string of the molecule is O=C(Cn1nnn(-c2ccccc2)c1=O)NC[C@@H]1COc2ccccc2O1. The van der Waals surface area contributed by atoms with Gasteiger partial charge in [-0.05, 0) is 34.7 Å². The number of carbonyl (C=O) groups is 1. The van der Waals surface area contributed by atoms with Crippen molar-refractivity contribution in [2.45, 2.75) is 12.6 Å². The summed E-state index contributed by atoms with van der Waals surface area (Å²) in [5.41, 5.74) is 0.100. The summed E-state index contributed by atoms with van der Waals surface area (Å²) in [7, 11) is 0. The zero-order valence-corrected chi connectivity index (χ0v) is 14.3. The molecule has 1 aliphatic rings. The molecule has 3 aromatic rings. The van der Waals surface area contributed by atoms with E-state index in [0.29, 0.717) is 23.8 Å². The Kier molecular flexibility index (Phi) is 4.56. The first-order valence-electron chi connectivity index (χ1n) is 8.44. The summed E-state index contributed by atoms with van der Waals surface area (Å²) < 4.78 is 13.5. The first-order chi connectivity index (χ1) is 13.2. The van der Waals surface area contributed by atoms with Crippen molar-refractivity contribution in [1.82, 2.24) is 25.1 Å². The number of carbonyl (C=O) groups excluding carboxylic acids is 1. The van der Waals surface area contributed by atoms with E-state index in [9.17, 15) is 9.59 Å². The van der Waals surface area contributed by atoms with Crippen molar-refractivity contribution < 1.29 is 14.3 Å². The van der Waals surface area contributed by atoms with E-state index >= 15 is 0 Å². The van der Waals surface area contributed by atoms with Gasteiger partial charge in [0.1, 0.15) is 19.3 Å². The van der Waals surface area contributed by atoms with Gasteiger partial charge in [0.25, 0.3) is 0 Å². The second kappa shape index (κ2) is 7.32. The number of ether oxygens (including phenoxy) is 2. The molecule has 0 saturated heterocycles. The average molecular weight is 367 g/mol. The fraction of sp³-hybridized carbons (Fsp3) is 0.222. The first-order valence-corrected chi connectivity index (χ1v) is 8.44. The summed E-state index contributed by atoms with van der Waals surface area (Å²) in [6.07, 6.45) is -0.305. The number of tetrazole rings is 1. The fourth-order valence-corrected chi connectivity index (χ4v) is 2.69. The lowest BCUT2D eigenvalue weighted by atomic mass is 10.2. The van der Waals surface area contributed by atoms with Crippen LogP contribution < -0.4 is 20.5 Å². The minimum absolute atomic E-state index is 0.226. The summed E-state index contributed by atoms with van der Waals surface area (Å²) >= 11 is 0. The molecule has 27 heavy (non-hydrogen) atoms. The molecule has 1 N–H and O–H groups in total. The van der Waals surface area contributed by atoms with E-state index < -0.39 is 5.69 Å². The predicted octanol–water partition coefficient (Wildman–Crippen LogP) is 0.385. The maximum Gasteiger partial charge on any atom is 0.368 e. The molecule has 4 rings (SSSR count). The van der Waals surface area contributed by atoms with Crippen LogP contribution in [0.2, 0.25) is 0 Å². The molecule has 2 heterocycles. The number of hydrogen-bond donors (Lipinski definition) is 1. The normalized spacial score (nSPS) is 15.3. The third-order valence-electron chi connectivity index (χ3n) is 4.03. The number of fused-ring (bicyclic) bond motifs is 1. The molecule has 1 aliphatic heterocycles. The quantitative estimate of drug-likeness (QED) is 0.700. The van der Waals surface area contributed by atoms with E-state index in [1.165, 1.54) is 0 Å². The Labute approximate surface area is 154 Å². The maximum atomic E-state index is 12.3. The van der Waals surface area contributed by atoms with Crippen LogP contribution in [0.25, 0.3) is 5.69 Å². The number of para-hydroxylation sites is 3. The lowest BCUT2D eigenvalue weighted by Gasteiger charge is -2.26. The van der Waals surface area contributed by atoms with Crippen molar-refractivity contribution in [3.63, 3.8) is 0 Å². The molecular formula is C18H17N5O4. The van der Waals surface area contributed by atoms with Crippen molar-refractivity contribution in [2.75, 3.05) is 13.2 Å². The Morgan fingerprint density at radius 1 is 1.07 bits per heavy atom.